The molecule has 0 unspecified atom stereocenters. The number of sulfone groups is 1. The Balaban J connectivity index is 2.05. The van der Waals surface area contributed by atoms with Crippen molar-refractivity contribution >= 4 is 21.4 Å². The van der Waals surface area contributed by atoms with Gasteiger partial charge < -0.3 is 11.1 Å². The van der Waals surface area contributed by atoms with E-state index < -0.39 is 20.6 Å². The number of rotatable bonds is 6. The van der Waals surface area contributed by atoms with Crippen LogP contribution >= 0.6 is 0 Å². The summed E-state index contributed by atoms with van der Waals surface area (Å²) in [5, 5.41) is 2.77. The van der Waals surface area contributed by atoms with Gasteiger partial charge in [-0.3, -0.25) is 4.79 Å². The summed E-state index contributed by atoms with van der Waals surface area (Å²) in [6.45, 7) is 5.03. The highest BCUT2D eigenvalue weighted by Crippen LogP contribution is 2.22. The molecule has 0 spiro atoms. The maximum atomic E-state index is 12.4. The molecule has 2 aromatic rings. The molecule has 0 saturated heterocycles. The minimum absolute atomic E-state index is 0.0731. The zero-order valence-electron chi connectivity index (χ0n) is 15.4. The van der Waals surface area contributed by atoms with Crippen LogP contribution in [0.5, 0.6) is 0 Å². The first-order valence-electron chi connectivity index (χ1n) is 8.50. The van der Waals surface area contributed by atoms with Gasteiger partial charge in [-0.25, -0.2) is 8.42 Å². The van der Waals surface area contributed by atoms with Crippen LogP contribution in [0.3, 0.4) is 0 Å². The van der Waals surface area contributed by atoms with Gasteiger partial charge >= 0.3 is 0 Å². The van der Waals surface area contributed by atoms with E-state index in [4.69, 9.17) is 5.73 Å². The third-order valence-corrected chi connectivity index (χ3v) is 6.70. The van der Waals surface area contributed by atoms with Gasteiger partial charge in [0.2, 0.25) is 5.91 Å². The van der Waals surface area contributed by atoms with Crippen LogP contribution in [0.4, 0.5) is 5.69 Å². The van der Waals surface area contributed by atoms with Crippen molar-refractivity contribution in [2.45, 2.75) is 43.7 Å². The molecule has 0 radical (unpaired) electrons. The lowest BCUT2D eigenvalue weighted by Crippen LogP contribution is -2.37. The second kappa shape index (κ2) is 8.01. The Bertz CT molecular complexity index is 856. The first kappa shape index (κ1) is 20.1. The molecule has 1 atom stereocenters. The molecule has 140 valence electrons. The highest BCUT2D eigenvalue weighted by molar-refractivity contribution is 7.91. The number of benzene rings is 2. The molecule has 0 fully saturated rings. The fourth-order valence-electron chi connectivity index (χ4n) is 2.37. The Labute approximate surface area is 155 Å². The van der Waals surface area contributed by atoms with Gasteiger partial charge in [0.1, 0.15) is 0 Å². The van der Waals surface area contributed by atoms with Gasteiger partial charge in [0.25, 0.3) is 0 Å². The van der Waals surface area contributed by atoms with Crippen LogP contribution in [-0.4, -0.2) is 25.1 Å². The van der Waals surface area contributed by atoms with Crippen molar-refractivity contribution < 1.29 is 13.2 Å². The lowest BCUT2D eigenvalue weighted by Gasteiger charge is -2.19. The number of anilines is 1. The molecule has 0 saturated carbocycles. The largest absolute Gasteiger partial charge is 0.325 e. The lowest BCUT2D eigenvalue weighted by atomic mass is 10.1. The molecule has 3 N–H and O–H groups in total. The predicted molar refractivity (Wildman–Crippen MR) is 106 cm³/mol. The van der Waals surface area contributed by atoms with E-state index in [9.17, 15) is 13.2 Å². The van der Waals surface area contributed by atoms with Crippen LogP contribution in [0, 0.1) is 0 Å². The zero-order valence-corrected chi connectivity index (χ0v) is 16.2. The van der Waals surface area contributed by atoms with E-state index >= 15 is 0 Å². The van der Waals surface area contributed by atoms with Crippen molar-refractivity contribution in [1.29, 1.82) is 0 Å². The first-order valence-corrected chi connectivity index (χ1v) is 10.2. The van der Waals surface area contributed by atoms with Crippen molar-refractivity contribution in [3.8, 4) is 0 Å². The Morgan fingerprint density at radius 1 is 1.04 bits per heavy atom. The average molecular weight is 375 g/mol. The van der Waals surface area contributed by atoms with Gasteiger partial charge in [-0.2, -0.15) is 0 Å². The molecule has 2 aromatic carbocycles. The molecular weight excluding hydrogens is 348 g/mol. The predicted octanol–water partition coefficient (Wildman–Crippen LogP) is 2.91. The smallest absolute Gasteiger partial charge is 0.241 e. The van der Waals surface area contributed by atoms with Gasteiger partial charge in [-0.15, -0.1) is 0 Å². The minimum atomic E-state index is -3.29. The Morgan fingerprint density at radius 2 is 1.65 bits per heavy atom. The third-order valence-electron chi connectivity index (χ3n) is 4.12. The molecule has 26 heavy (non-hydrogen) atoms. The van der Waals surface area contributed by atoms with Crippen LogP contribution in [0.2, 0.25) is 0 Å². The fourth-order valence-corrected chi connectivity index (χ4v) is 3.42. The Kier molecular flexibility index (Phi) is 6.21. The summed E-state index contributed by atoms with van der Waals surface area (Å²) in [5.74, 6) is -0.374. The van der Waals surface area contributed by atoms with Crippen molar-refractivity contribution in [3.63, 3.8) is 0 Å². The van der Waals surface area contributed by atoms with E-state index in [1.807, 2.05) is 30.3 Å². The Morgan fingerprint density at radius 3 is 2.27 bits per heavy atom. The number of nitrogens with one attached hydrogen (secondary N) is 1. The van der Waals surface area contributed by atoms with Crippen molar-refractivity contribution in [2.75, 3.05) is 5.32 Å². The SMILES string of the molecule is CC(C)(C)S(=O)(=O)Cc1cccc(NC(=O)[C@@H](N)Cc2ccccc2)c1. The molecule has 0 aliphatic heterocycles. The highest BCUT2D eigenvalue weighted by atomic mass is 32.2. The van der Waals surface area contributed by atoms with Gasteiger partial charge in [-0.05, 0) is 50.5 Å². The van der Waals surface area contributed by atoms with Crippen molar-refractivity contribution in [3.05, 3.63) is 65.7 Å². The van der Waals surface area contributed by atoms with Crippen molar-refractivity contribution in [1.82, 2.24) is 0 Å². The molecule has 0 aliphatic rings. The number of nitrogens with two attached hydrogens (primary N) is 1. The quantitative estimate of drug-likeness (QED) is 0.813. The average Bonchev–Trinajstić information content (AvgIpc) is 2.54. The van der Waals surface area contributed by atoms with Gasteiger partial charge in [0.05, 0.1) is 16.5 Å². The molecule has 0 aromatic heterocycles. The van der Waals surface area contributed by atoms with E-state index in [1.165, 1.54) is 0 Å². The summed E-state index contributed by atoms with van der Waals surface area (Å²) in [4.78, 5) is 12.3. The molecule has 0 bridgehead atoms. The maximum absolute atomic E-state index is 12.4. The summed E-state index contributed by atoms with van der Waals surface area (Å²) in [5.41, 5.74) is 8.15. The summed E-state index contributed by atoms with van der Waals surface area (Å²) in [7, 11) is -3.29. The number of carbonyl (C=O) groups excluding carboxylic acids is 1. The lowest BCUT2D eigenvalue weighted by molar-refractivity contribution is -0.117. The number of hydrogen-bond donors (Lipinski definition) is 2. The molecule has 0 heterocycles. The van der Waals surface area contributed by atoms with Crippen LogP contribution in [-0.2, 0) is 26.8 Å². The standard InChI is InChI=1S/C20H26N2O3S/c1-20(2,3)26(24,25)14-16-10-7-11-17(12-16)22-19(23)18(21)13-15-8-5-4-6-9-15/h4-12,18H,13-14,21H2,1-3H3,(H,22,23)/t18-/m0/s1. The van der Waals surface area contributed by atoms with E-state index in [0.717, 1.165) is 5.56 Å². The van der Waals surface area contributed by atoms with Crippen LogP contribution in [0.15, 0.2) is 54.6 Å². The summed E-state index contributed by atoms with van der Waals surface area (Å²) >= 11 is 0. The van der Waals surface area contributed by atoms with E-state index in [0.29, 0.717) is 17.7 Å². The van der Waals surface area contributed by atoms with Crippen molar-refractivity contribution in [2.24, 2.45) is 5.73 Å². The van der Waals surface area contributed by atoms with Gasteiger partial charge in [0, 0.05) is 5.69 Å². The van der Waals surface area contributed by atoms with E-state index in [1.54, 1.807) is 45.0 Å². The topological polar surface area (TPSA) is 89.3 Å². The Hall–Kier alpha value is -2.18. The maximum Gasteiger partial charge on any atom is 0.241 e. The second-order valence-corrected chi connectivity index (χ2v) is 10.1. The monoisotopic (exact) mass is 374 g/mol. The summed E-state index contributed by atoms with van der Waals surface area (Å²) < 4.78 is 23.9. The third kappa shape index (κ3) is 5.41. The highest BCUT2D eigenvalue weighted by Gasteiger charge is 2.29. The summed E-state index contributed by atoms with van der Waals surface area (Å²) in [6.07, 6.45) is 0.435. The van der Waals surface area contributed by atoms with Crippen LogP contribution in [0.25, 0.3) is 0 Å². The van der Waals surface area contributed by atoms with Gasteiger partial charge in [0.15, 0.2) is 9.84 Å². The molecule has 2 rings (SSSR count). The summed E-state index contributed by atoms with van der Waals surface area (Å²) in [6, 6.07) is 15.7. The molecule has 6 heteroatoms. The first-order chi connectivity index (χ1) is 12.1. The normalized spacial score (nSPS) is 13.2. The molecule has 1 amide bonds. The second-order valence-electron chi connectivity index (χ2n) is 7.36. The molecule has 5 nitrogen and oxygen atoms in total. The number of hydrogen-bond acceptors (Lipinski definition) is 4. The fraction of sp³-hybridized carbons (Fsp3) is 0.350. The minimum Gasteiger partial charge on any atom is -0.325 e. The number of amides is 1. The number of carbonyl (C=O) groups is 1. The van der Waals surface area contributed by atoms with Crippen LogP contribution in [0.1, 0.15) is 31.9 Å². The van der Waals surface area contributed by atoms with E-state index in [-0.39, 0.29) is 11.7 Å². The molecule has 0 aliphatic carbocycles. The van der Waals surface area contributed by atoms with E-state index in [2.05, 4.69) is 5.32 Å². The van der Waals surface area contributed by atoms with Gasteiger partial charge in [-0.1, -0.05) is 42.5 Å². The molecular formula is C20H26N2O3S. The zero-order chi connectivity index (χ0) is 19.4. The van der Waals surface area contributed by atoms with Crippen LogP contribution < -0.4 is 11.1 Å².